The number of aryl methyl sites for hydroxylation is 2. The van der Waals surface area contributed by atoms with E-state index in [-0.39, 0.29) is 18.2 Å². The molecular formula is C25H28N2O5. The van der Waals surface area contributed by atoms with E-state index in [1.807, 2.05) is 24.8 Å². The first-order chi connectivity index (χ1) is 15.4. The summed E-state index contributed by atoms with van der Waals surface area (Å²) in [6.07, 6.45) is 1.97. The Hall–Kier alpha value is -3.48. The van der Waals surface area contributed by atoms with Crippen LogP contribution >= 0.6 is 0 Å². The Morgan fingerprint density at radius 2 is 1.56 bits per heavy atom. The Balaban J connectivity index is 1.40. The average Bonchev–Trinajstić information content (AvgIpc) is 3.23. The number of methoxy groups -OCH3 is 2. The van der Waals surface area contributed by atoms with Crippen LogP contribution in [0, 0.1) is 13.8 Å². The second kappa shape index (κ2) is 8.94. The summed E-state index contributed by atoms with van der Waals surface area (Å²) in [4.78, 5) is 29.5. The van der Waals surface area contributed by atoms with Gasteiger partial charge in [-0.3, -0.25) is 9.59 Å². The van der Waals surface area contributed by atoms with E-state index in [1.165, 1.54) is 5.56 Å². The summed E-state index contributed by atoms with van der Waals surface area (Å²) < 4.78 is 16.3. The maximum absolute atomic E-state index is 13.0. The molecular weight excluding hydrogens is 408 g/mol. The second-order valence-corrected chi connectivity index (χ2v) is 8.10. The number of rotatable bonds is 5. The molecule has 32 heavy (non-hydrogen) atoms. The van der Waals surface area contributed by atoms with E-state index < -0.39 is 0 Å². The smallest absolute Gasteiger partial charge is 0.254 e. The van der Waals surface area contributed by atoms with Gasteiger partial charge in [-0.2, -0.15) is 0 Å². The molecule has 2 aromatic carbocycles. The van der Waals surface area contributed by atoms with Crippen LogP contribution in [-0.2, 0) is 11.2 Å². The standard InChI is InChI=1S/C25H28N2O5/c1-16-5-6-22-19(15-32-24(22)17(16)2)13-23(28)26-7-9-27(10-8-26)25(29)18-11-20(30-3)14-21(12-18)31-4/h5-6,11-12,14-15H,7-10,13H2,1-4H3. The van der Waals surface area contributed by atoms with Gasteiger partial charge in [0.2, 0.25) is 5.91 Å². The lowest BCUT2D eigenvalue weighted by molar-refractivity contribution is -0.131. The number of carbonyl (C=O) groups is 2. The molecule has 0 aliphatic carbocycles. The minimum atomic E-state index is -0.0963. The quantitative estimate of drug-likeness (QED) is 0.611. The van der Waals surface area contributed by atoms with E-state index in [1.54, 1.807) is 43.6 Å². The van der Waals surface area contributed by atoms with Crippen LogP contribution in [0.1, 0.15) is 27.0 Å². The molecule has 0 unspecified atom stereocenters. The van der Waals surface area contributed by atoms with Gasteiger partial charge < -0.3 is 23.7 Å². The molecule has 0 spiro atoms. The molecule has 0 saturated carbocycles. The predicted octanol–water partition coefficient (Wildman–Crippen LogP) is 3.59. The summed E-state index contributed by atoms with van der Waals surface area (Å²) in [5.74, 6) is 1.08. The van der Waals surface area contributed by atoms with Gasteiger partial charge in [0.15, 0.2) is 0 Å². The largest absolute Gasteiger partial charge is 0.497 e. The van der Waals surface area contributed by atoms with Crippen LogP contribution in [0.3, 0.4) is 0 Å². The summed E-state index contributed by atoms with van der Waals surface area (Å²) >= 11 is 0. The van der Waals surface area contributed by atoms with Gasteiger partial charge in [0, 0.05) is 48.8 Å². The highest BCUT2D eigenvalue weighted by atomic mass is 16.5. The molecule has 1 fully saturated rings. The van der Waals surface area contributed by atoms with E-state index >= 15 is 0 Å². The van der Waals surface area contributed by atoms with Crippen LogP contribution in [0.5, 0.6) is 11.5 Å². The number of nitrogens with zero attached hydrogens (tertiary/aromatic N) is 2. The lowest BCUT2D eigenvalue weighted by Crippen LogP contribution is -2.51. The summed E-state index contributed by atoms with van der Waals surface area (Å²) in [5, 5.41) is 0.988. The first-order valence-electron chi connectivity index (χ1n) is 10.7. The van der Waals surface area contributed by atoms with Crippen molar-refractivity contribution in [2.24, 2.45) is 0 Å². The van der Waals surface area contributed by atoms with E-state index in [2.05, 4.69) is 6.07 Å². The van der Waals surface area contributed by atoms with Crippen LogP contribution in [0.2, 0.25) is 0 Å². The highest BCUT2D eigenvalue weighted by Crippen LogP contribution is 2.27. The fourth-order valence-corrected chi connectivity index (χ4v) is 4.07. The molecule has 0 atom stereocenters. The van der Waals surface area contributed by atoms with Gasteiger partial charge in [0.25, 0.3) is 5.91 Å². The molecule has 0 N–H and O–H groups in total. The lowest BCUT2D eigenvalue weighted by atomic mass is 10.0. The first-order valence-corrected chi connectivity index (χ1v) is 10.7. The van der Waals surface area contributed by atoms with Crippen molar-refractivity contribution in [3.8, 4) is 11.5 Å². The number of benzene rings is 2. The molecule has 168 valence electrons. The van der Waals surface area contributed by atoms with E-state index in [4.69, 9.17) is 13.9 Å². The minimum Gasteiger partial charge on any atom is -0.497 e. The van der Waals surface area contributed by atoms with Gasteiger partial charge in [-0.15, -0.1) is 0 Å². The van der Waals surface area contributed by atoms with Gasteiger partial charge in [0.1, 0.15) is 17.1 Å². The summed E-state index contributed by atoms with van der Waals surface area (Å²) in [6.45, 7) is 6.04. The summed E-state index contributed by atoms with van der Waals surface area (Å²) in [6, 6.07) is 9.21. The van der Waals surface area contributed by atoms with Gasteiger partial charge in [-0.05, 0) is 37.1 Å². The predicted molar refractivity (Wildman–Crippen MR) is 121 cm³/mol. The monoisotopic (exact) mass is 436 g/mol. The molecule has 1 aromatic heterocycles. The van der Waals surface area contributed by atoms with Crippen LogP contribution in [-0.4, -0.2) is 62.0 Å². The van der Waals surface area contributed by atoms with Crippen molar-refractivity contribution in [1.29, 1.82) is 0 Å². The Morgan fingerprint density at radius 3 is 2.19 bits per heavy atom. The first kappa shape index (κ1) is 21.7. The molecule has 1 aliphatic heterocycles. The molecule has 4 rings (SSSR count). The van der Waals surface area contributed by atoms with Crippen molar-refractivity contribution in [3.05, 3.63) is 58.8 Å². The number of hydrogen-bond donors (Lipinski definition) is 0. The molecule has 3 aromatic rings. The van der Waals surface area contributed by atoms with Crippen molar-refractivity contribution >= 4 is 22.8 Å². The lowest BCUT2D eigenvalue weighted by Gasteiger charge is -2.35. The van der Waals surface area contributed by atoms with Crippen molar-refractivity contribution in [2.75, 3.05) is 40.4 Å². The summed E-state index contributed by atoms with van der Waals surface area (Å²) in [5.41, 5.74) is 4.52. The number of carbonyl (C=O) groups excluding carboxylic acids is 2. The van der Waals surface area contributed by atoms with Crippen LogP contribution in [0.4, 0.5) is 0 Å². The summed E-state index contributed by atoms with van der Waals surface area (Å²) in [7, 11) is 3.11. The van der Waals surface area contributed by atoms with Gasteiger partial charge >= 0.3 is 0 Å². The van der Waals surface area contributed by atoms with E-state index in [9.17, 15) is 9.59 Å². The van der Waals surface area contributed by atoms with Gasteiger partial charge in [-0.25, -0.2) is 0 Å². The van der Waals surface area contributed by atoms with Crippen molar-refractivity contribution in [3.63, 3.8) is 0 Å². The topological polar surface area (TPSA) is 72.2 Å². The van der Waals surface area contributed by atoms with Crippen molar-refractivity contribution < 1.29 is 23.5 Å². The third-order valence-electron chi connectivity index (χ3n) is 6.20. The van der Waals surface area contributed by atoms with E-state index in [0.29, 0.717) is 43.2 Å². The Kier molecular flexibility index (Phi) is 6.08. The number of ether oxygens (including phenoxy) is 2. The molecule has 7 heteroatoms. The van der Waals surface area contributed by atoms with Gasteiger partial charge in [0.05, 0.1) is 26.9 Å². The zero-order valence-electron chi connectivity index (χ0n) is 18.9. The van der Waals surface area contributed by atoms with Crippen LogP contribution < -0.4 is 9.47 Å². The van der Waals surface area contributed by atoms with E-state index in [0.717, 1.165) is 22.1 Å². The third-order valence-corrected chi connectivity index (χ3v) is 6.20. The molecule has 7 nitrogen and oxygen atoms in total. The molecule has 2 heterocycles. The number of piperazine rings is 1. The SMILES string of the molecule is COc1cc(OC)cc(C(=O)N2CCN(C(=O)Cc3coc4c(C)c(C)ccc34)CC2)c1. The molecule has 1 aliphatic rings. The number of fused-ring (bicyclic) bond motifs is 1. The zero-order valence-corrected chi connectivity index (χ0v) is 18.9. The molecule has 0 radical (unpaired) electrons. The fourth-order valence-electron chi connectivity index (χ4n) is 4.07. The average molecular weight is 437 g/mol. The maximum Gasteiger partial charge on any atom is 0.254 e. The number of hydrogen-bond acceptors (Lipinski definition) is 5. The number of amides is 2. The molecule has 1 saturated heterocycles. The third kappa shape index (κ3) is 4.15. The maximum atomic E-state index is 13.0. The van der Waals surface area contributed by atoms with Crippen molar-refractivity contribution in [2.45, 2.75) is 20.3 Å². The Morgan fingerprint density at radius 1 is 0.938 bits per heavy atom. The minimum absolute atomic E-state index is 0.0427. The normalized spacial score (nSPS) is 14.0. The second-order valence-electron chi connectivity index (χ2n) is 8.10. The Labute approximate surface area is 187 Å². The van der Waals surface area contributed by atoms with Crippen LogP contribution in [0.25, 0.3) is 11.0 Å². The Bertz CT molecular complexity index is 1140. The highest BCUT2D eigenvalue weighted by molar-refractivity contribution is 5.95. The highest BCUT2D eigenvalue weighted by Gasteiger charge is 2.26. The number of furan rings is 1. The van der Waals surface area contributed by atoms with Crippen molar-refractivity contribution in [1.82, 2.24) is 9.80 Å². The zero-order chi connectivity index (χ0) is 22.8. The fraction of sp³-hybridized carbons (Fsp3) is 0.360. The van der Waals surface area contributed by atoms with Gasteiger partial charge in [-0.1, -0.05) is 12.1 Å². The molecule has 0 bridgehead atoms. The van der Waals surface area contributed by atoms with Crippen LogP contribution in [0.15, 0.2) is 41.0 Å². The molecule has 2 amide bonds.